The minimum atomic E-state index is -0.211. The average Bonchev–Trinajstić information content (AvgIpc) is 3.09. The largest absolute Gasteiger partial charge is 0.377 e. The molecule has 0 spiro atoms. The zero-order valence-electron chi connectivity index (χ0n) is 12.5. The number of primary amides is 1. The van der Waals surface area contributed by atoms with Crippen molar-refractivity contribution in [1.82, 2.24) is 10.1 Å². The standard InChI is InChI=1S/C15H23N3O3/c1-10-8-12(21-17-10)9-18-5-2-11(3-6-18)14-13(15(16)19)4-7-20-14/h8,11,13-14H,2-7,9H2,1H3,(H2,16,19)/t13-,14+/m0/s1. The molecule has 2 atom stereocenters. The molecule has 21 heavy (non-hydrogen) atoms. The molecular weight excluding hydrogens is 270 g/mol. The summed E-state index contributed by atoms with van der Waals surface area (Å²) in [5.74, 6) is 1.05. The summed E-state index contributed by atoms with van der Waals surface area (Å²) >= 11 is 0. The molecule has 0 aromatic carbocycles. The second-order valence-corrected chi connectivity index (χ2v) is 6.18. The first-order valence-corrected chi connectivity index (χ1v) is 7.69. The highest BCUT2D eigenvalue weighted by Gasteiger charge is 2.39. The molecule has 0 bridgehead atoms. The molecule has 116 valence electrons. The Morgan fingerprint density at radius 1 is 1.43 bits per heavy atom. The molecule has 6 nitrogen and oxygen atoms in total. The summed E-state index contributed by atoms with van der Waals surface area (Å²) in [5, 5.41) is 3.92. The zero-order valence-corrected chi connectivity index (χ0v) is 12.5. The lowest BCUT2D eigenvalue weighted by Crippen LogP contribution is -2.41. The number of ether oxygens (including phenoxy) is 1. The van der Waals surface area contributed by atoms with Crippen LogP contribution in [-0.4, -0.2) is 41.8 Å². The molecule has 2 saturated heterocycles. The molecule has 6 heteroatoms. The topological polar surface area (TPSA) is 81.6 Å². The molecule has 1 amide bonds. The first-order chi connectivity index (χ1) is 10.1. The molecule has 0 radical (unpaired) electrons. The molecule has 2 N–H and O–H groups in total. The Morgan fingerprint density at radius 2 is 2.19 bits per heavy atom. The van der Waals surface area contributed by atoms with Gasteiger partial charge in [0.15, 0.2) is 5.76 Å². The number of aryl methyl sites for hydroxylation is 1. The maximum Gasteiger partial charge on any atom is 0.223 e. The highest BCUT2D eigenvalue weighted by molar-refractivity contribution is 5.77. The Kier molecular flexibility index (Phi) is 4.26. The van der Waals surface area contributed by atoms with E-state index in [4.69, 9.17) is 15.0 Å². The van der Waals surface area contributed by atoms with Gasteiger partial charge in [0, 0.05) is 12.7 Å². The fraction of sp³-hybridized carbons (Fsp3) is 0.733. The number of nitrogens with two attached hydrogens (primary N) is 1. The Hall–Kier alpha value is -1.40. The van der Waals surface area contributed by atoms with E-state index in [1.54, 1.807) is 0 Å². The van der Waals surface area contributed by atoms with Crippen molar-refractivity contribution < 1.29 is 14.1 Å². The van der Waals surface area contributed by atoms with Crippen LogP contribution in [0.4, 0.5) is 0 Å². The predicted molar refractivity (Wildman–Crippen MR) is 76.3 cm³/mol. The van der Waals surface area contributed by atoms with Gasteiger partial charge in [-0.1, -0.05) is 5.16 Å². The second kappa shape index (κ2) is 6.15. The number of amides is 1. The maximum atomic E-state index is 11.5. The number of aromatic nitrogens is 1. The third-order valence-corrected chi connectivity index (χ3v) is 4.65. The number of hydrogen-bond donors (Lipinski definition) is 1. The summed E-state index contributed by atoms with van der Waals surface area (Å²) < 4.78 is 11.0. The molecule has 1 aromatic rings. The lowest BCUT2D eigenvalue weighted by Gasteiger charge is -2.35. The molecule has 2 fully saturated rings. The van der Waals surface area contributed by atoms with E-state index < -0.39 is 0 Å². The molecule has 1 aromatic heterocycles. The second-order valence-electron chi connectivity index (χ2n) is 6.18. The van der Waals surface area contributed by atoms with Crippen LogP contribution in [0.1, 0.15) is 30.7 Å². The Bertz CT molecular complexity index is 494. The number of likely N-dealkylation sites (tertiary alicyclic amines) is 1. The van der Waals surface area contributed by atoms with Gasteiger partial charge >= 0.3 is 0 Å². The summed E-state index contributed by atoms with van der Waals surface area (Å²) in [6.07, 6.45) is 2.89. The van der Waals surface area contributed by atoms with Crippen molar-refractivity contribution in [1.29, 1.82) is 0 Å². The number of nitrogens with zero attached hydrogens (tertiary/aromatic N) is 2. The van der Waals surface area contributed by atoms with Crippen LogP contribution in [0.3, 0.4) is 0 Å². The quantitative estimate of drug-likeness (QED) is 0.898. The summed E-state index contributed by atoms with van der Waals surface area (Å²) in [6.45, 7) is 5.39. The van der Waals surface area contributed by atoms with Crippen LogP contribution in [0.25, 0.3) is 0 Å². The highest BCUT2D eigenvalue weighted by Crippen LogP contribution is 2.33. The van der Waals surface area contributed by atoms with Crippen molar-refractivity contribution >= 4 is 5.91 Å². The van der Waals surface area contributed by atoms with Gasteiger partial charge in [0.05, 0.1) is 24.3 Å². The van der Waals surface area contributed by atoms with Gasteiger partial charge in [0.1, 0.15) is 0 Å². The van der Waals surface area contributed by atoms with Gasteiger partial charge in [-0.2, -0.15) is 0 Å². The summed E-state index contributed by atoms with van der Waals surface area (Å²) in [4.78, 5) is 13.8. The van der Waals surface area contributed by atoms with Gasteiger partial charge in [-0.15, -0.1) is 0 Å². The van der Waals surface area contributed by atoms with Crippen LogP contribution >= 0.6 is 0 Å². The minimum absolute atomic E-state index is 0.0252. The fourth-order valence-corrected chi connectivity index (χ4v) is 3.53. The van der Waals surface area contributed by atoms with Crippen LogP contribution in [0.5, 0.6) is 0 Å². The Morgan fingerprint density at radius 3 is 2.81 bits per heavy atom. The van der Waals surface area contributed by atoms with Crippen LogP contribution in [0.2, 0.25) is 0 Å². The lowest BCUT2D eigenvalue weighted by atomic mass is 9.84. The fourth-order valence-electron chi connectivity index (χ4n) is 3.53. The van der Waals surface area contributed by atoms with Crippen LogP contribution in [0.15, 0.2) is 10.6 Å². The SMILES string of the molecule is Cc1cc(CN2CCC([C@H]3OCC[C@@H]3C(N)=O)CC2)on1. The molecule has 3 heterocycles. The molecule has 0 aliphatic carbocycles. The van der Waals surface area contributed by atoms with E-state index in [1.807, 2.05) is 13.0 Å². The van der Waals surface area contributed by atoms with Gasteiger partial charge in [0.2, 0.25) is 5.91 Å². The van der Waals surface area contributed by atoms with Crippen molar-refractivity contribution in [3.05, 3.63) is 17.5 Å². The van der Waals surface area contributed by atoms with E-state index in [0.29, 0.717) is 12.5 Å². The van der Waals surface area contributed by atoms with Crippen molar-refractivity contribution in [3.8, 4) is 0 Å². The van der Waals surface area contributed by atoms with Gasteiger partial charge in [-0.3, -0.25) is 9.69 Å². The van der Waals surface area contributed by atoms with E-state index in [1.165, 1.54) is 0 Å². The molecular formula is C15H23N3O3. The van der Waals surface area contributed by atoms with Gasteiger partial charge in [0.25, 0.3) is 0 Å². The first kappa shape index (κ1) is 14.5. The minimum Gasteiger partial charge on any atom is -0.377 e. The van der Waals surface area contributed by atoms with Crippen molar-refractivity contribution in [2.75, 3.05) is 19.7 Å². The van der Waals surface area contributed by atoms with Gasteiger partial charge in [-0.05, 0) is 45.2 Å². The van der Waals surface area contributed by atoms with E-state index in [9.17, 15) is 4.79 Å². The van der Waals surface area contributed by atoms with E-state index in [0.717, 1.165) is 50.4 Å². The van der Waals surface area contributed by atoms with Crippen molar-refractivity contribution in [3.63, 3.8) is 0 Å². The van der Waals surface area contributed by atoms with Crippen LogP contribution in [0, 0.1) is 18.8 Å². The number of piperidine rings is 1. The number of hydrogen-bond acceptors (Lipinski definition) is 5. The monoisotopic (exact) mass is 293 g/mol. The van der Waals surface area contributed by atoms with E-state index in [2.05, 4.69) is 10.1 Å². The van der Waals surface area contributed by atoms with Gasteiger partial charge in [-0.25, -0.2) is 0 Å². The molecule has 0 unspecified atom stereocenters. The first-order valence-electron chi connectivity index (χ1n) is 7.69. The molecule has 2 aliphatic heterocycles. The third kappa shape index (κ3) is 3.27. The number of carbonyl (C=O) groups is 1. The lowest BCUT2D eigenvalue weighted by molar-refractivity contribution is -0.124. The number of rotatable bonds is 4. The predicted octanol–water partition coefficient (Wildman–Crippen LogP) is 1.09. The van der Waals surface area contributed by atoms with E-state index >= 15 is 0 Å². The Balaban J connectivity index is 1.52. The van der Waals surface area contributed by atoms with Crippen LogP contribution < -0.4 is 5.73 Å². The summed E-state index contributed by atoms with van der Waals surface area (Å²) in [5.41, 5.74) is 6.40. The molecule has 3 rings (SSSR count). The number of carbonyl (C=O) groups excluding carboxylic acids is 1. The average molecular weight is 293 g/mol. The summed E-state index contributed by atoms with van der Waals surface area (Å²) in [6, 6.07) is 1.98. The highest BCUT2D eigenvalue weighted by atomic mass is 16.5. The summed E-state index contributed by atoms with van der Waals surface area (Å²) in [7, 11) is 0. The zero-order chi connectivity index (χ0) is 14.8. The maximum absolute atomic E-state index is 11.5. The van der Waals surface area contributed by atoms with Crippen molar-refractivity contribution in [2.24, 2.45) is 17.6 Å². The third-order valence-electron chi connectivity index (χ3n) is 4.65. The smallest absolute Gasteiger partial charge is 0.223 e. The molecule has 2 aliphatic rings. The van der Waals surface area contributed by atoms with Crippen molar-refractivity contribution in [2.45, 2.75) is 38.8 Å². The van der Waals surface area contributed by atoms with Gasteiger partial charge < -0.3 is 15.0 Å². The normalized spacial score (nSPS) is 28.0. The molecule has 0 saturated carbocycles. The Labute approximate surface area is 124 Å². The van der Waals surface area contributed by atoms with E-state index in [-0.39, 0.29) is 17.9 Å². The van der Waals surface area contributed by atoms with Crippen LogP contribution in [-0.2, 0) is 16.1 Å².